The maximum atomic E-state index is 13.6. The fraction of sp³-hybridized carbons (Fsp3) is 0.417. The van der Waals surface area contributed by atoms with E-state index >= 15 is 0 Å². The van der Waals surface area contributed by atoms with Crippen LogP contribution in [0.5, 0.6) is 5.75 Å². The van der Waals surface area contributed by atoms with Crippen LogP contribution in [0.15, 0.2) is 12.1 Å². The van der Waals surface area contributed by atoms with Gasteiger partial charge < -0.3 is 9.84 Å². The van der Waals surface area contributed by atoms with Crippen molar-refractivity contribution in [1.82, 2.24) is 0 Å². The summed E-state index contributed by atoms with van der Waals surface area (Å²) >= 11 is 0. The topological polar surface area (TPSA) is 53.2 Å². The molecule has 1 aromatic rings. The lowest BCUT2D eigenvalue weighted by molar-refractivity contribution is 0.232. The number of aliphatic hydroxyl groups excluding tert-OH is 1. The molecule has 0 fully saturated rings. The van der Waals surface area contributed by atoms with Gasteiger partial charge in [-0.25, -0.2) is 4.39 Å². The fourth-order valence-corrected chi connectivity index (χ4v) is 2.08. The summed E-state index contributed by atoms with van der Waals surface area (Å²) in [6.45, 7) is -0.00976. The molecule has 0 aliphatic heterocycles. The van der Waals surface area contributed by atoms with Gasteiger partial charge in [-0.15, -0.1) is 0 Å². The molecule has 0 saturated carbocycles. The molecule has 3 nitrogen and oxygen atoms in total. The molecule has 1 aliphatic carbocycles. The molecular weight excluding hydrogens is 209 g/mol. The molecule has 16 heavy (non-hydrogen) atoms. The predicted octanol–water partition coefficient (Wildman–Crippen LogP) is 1.44. The maximum absolute atomic E-state index is 13.6. The minimum Gasteiger partial charge on any atom is -0.479 e. The molecule has 0 spiro atoms. The van der Waals surface area contributed by atoms with Crippen LogP contribution in [-0.2, 0) is 12.8 Å². The number of hydrogen-bond donors (Lipinski definition) is 1. The van der Waals surface area contributed by atoms with Gasteiger partial charge in [0.05, 0.1) is 0 Å². The van der Waals surface area contributed by atoms with E-state index in [1.807, 2.05) is 6.07 Å². The first-order chi connectivity index (χ1) is 7.74. The Balaban J connectivity index is 2.24. The average molecular weight is 221 g/mol. The van der Waals surface area contributed by atoms with Crippen molar-refractivity contribution in [3.05, 3.63) is 29.1 Å². The van der Waals surface area contributed by atoms with Gasteiger partial charge >= 0.3 is 0 Å². The molecule has 1 unspecified atom stereocenters. The zero-order valence-corrected chi connectivity index (χ0v) is 8.74. The Morgan fingerprint density at radius 1 is 1.50 bits per heavy atom. The highest BCUT2D eigenvalue weighted by molar-refractivity contribution is 5.40. The second kappa shape index (κ2) is 4.50. The number of hydrogen-bond acceptors (Lipinski definition) is 3. The largest absolute Gasteiger partial charge is 0.479 e. The predicted molar refractivity (Wildman–Crippen MR) is 55.5 cm³/mol. The van der Waals surface area contributed by atoms with E-state index in [0.717, 1.165) is 5.56 Å². The van der Waals surface area contributed by atoms with Gasteiger partial charge in [0.2, 0.25) is 0 Å². The van der Waals surface area contributed by atoms with Crippen molar-refractivity contribution >= 4 is 0 Å². The summed E-state index contributed by atoms with van der Waals surface area (Å²) in [5.74, 6) is 0.188. The SMILES string of the molecule is N#CCOc1cc(F)c2c(c1)CC(CO)C2. The van der Waals surface area contributed by atoms with Gasteiger partial charge in [0.15, 0.2) is 6.61 Å². The Labute approximate surface area is 93.1 Å². The first-order valence-corrected chi connectivity index (χ1v) is 5.16. The van der Waals surface area contributed by atoms with E-state index in [1.54, 1.807) is 6.07 Å². The third-order valence-electron chi connectivity index (χ3n) is 2.82. The van der Waals surface area contributed by atoms with Gasteiger partial charge in [-0.3, -0.25) is 0 Å². The Morgan fingerprint density at radius 2 is 2.31 bits per heavy atom. The van der Waals surface area contributed by atoms with E-state index < -0.39 is 0 Å². The third kappa shape index (κ3) is 2.00. The van der Waals surface area contributed by atoms with Gasteiger partial charge in [-0.05, 0) is 36.0 Å². The normalized spacial score (nSPS) is 17.9. The lowest BCUT2D eigenvalue weighted by Crippen LogP contribution is -2.04. The number of ether oxygens (including phenoxy) is 1. The Morgan fingerprint density at radius 3 is 3.00 bits per heavy atom. The minimum absolute atomic E-state index is 0.0719. The number of benzene rings is 1. The van der Waals surface area contributed by atoms with Crippen molar-refractivity contribution in [1.29, 1.82) is 5.26 Å². The van der Waals surface area contributed by atoms with Crippen molar-refractivity contribution in [3.63, 3.8) is 0 Å². The standard InChI is InChI=1S/C12H12FNO2/c13-12-6-10(16-2-1-14)5-9-3-8(7-15)4-11(9)12/h5-6,8,15H,2-4,7H2. The number of aliphatic hydroxyl groups is 1. The highest BCUT2D eigenvalue weighted by atomic mass is 19.1. The van der Waals surface area contributed by atoms with E-state index in [2.05, 4.69) is 0 Å². The van der Waals surface area contributed by atoms with Crippen molar-refractivity contribution in [2.45, 2.75) is 12.8 Å². The molecule has 0 saturated heterocycles. The zero-order valence-electron chi connectivity index (χ0n) is 8.74. The highest BCUT2D eigenvalue weighted by Gasteiger charge is 2.24. The van der Waals surface area contributed by atoms with E-state index in [0.29, 0.717) is 24.2 Å². The van der Waals surface area contributed by atoms with Crippen LogP contribution in [0.4, 0.5) is 4.39 Å². The molecule has 0 aromatic heterocycles. The number of halogens is 1. The van der Waals surface area contributed by atoms with Crippen LogP contribution >= 0.6 is 0 Å². The van der Waals surface area contributed by atoms with Crippen molar-refractivity contribution in [2.75, 3.05) is 13.2 Å². The van der Waals surface area contributed by atoms with Gasteiger partial charge in [0.1, 0.15) is 17.6 Å². The molecule has 0 heterocycles. The van der Waals surface area contributed by atoms with Crippen LogP contribution in [0.1, 0.15) is 11.1 Å². The molecule has 4 heteroatoms. The smallest absolute Gasteiger partial charge is 0.174 e. The summed E-state index contributed by atoms with van der Waals surface area (Å²) in [5, 5.41) is 17.4. The lowest BCUT2D eigenvalue weighted by Gasteiger charge is -2.05. The first kappa shape index (κ1) is 10.9. The van der Waals surface area contributed by atoms with E-state index in [-0.39, 0.29) is 24.9 Å². The molecular formula is C12H12FNO2. The van der Waals surface area contributed by atoms with Crippen LogP contribution in [0.3, 0.4) is 0 Å². The average Bonchev–Trinajstić information content (AvgIpc) is 2.70. The van der Waals surface area contributed by atoms with Crippen LogP contribution in [0, 0.1) is 23.1 Å². The molecule has 0 amide bonds. The van der Waals surface area contributed by atoms with E-state index in [4.69, 9.17) is 15.1 Å². The summed E-state index contributed by atoms with van der Waals surface area (Å²) in [7, 11) is 0. The fourth-order valence-electron chi connectivity index (χ4n) is 2.08. The number of rotatable bonds is 3. The Hall–Kier alpha value is -1.60. The molecule has 2 rings (SSSR count). The van der Waals surface area contributed by atoms with Crippen molar-refractivity contribution < 1.29 is 14.2 Å². The molecule has 1 aliphatic rings. The monoisotopic (exact) mass is 221 g/mol. The Bertz CT molecular complexity index is 439. The molecule has 1 aromatic carbocycles. The van der Waals surface area contributed by atoms with Crippen molar-refractivity contribution in [3.8, 4) is 11.8 Å². The van der Waals surface area contributed by atoms with Crippen LogP contribution in [-0.4, -0.2) is 18.3 Å². The maximum Gasteiger partial charge on any atom is 0.174 e. The van der Waals surface area contributed by atoms with Crippen LogP contribution < -0.4 is 4.74 Å². The summed E-state index contributed by atoms with van der Waals surface area (Å²) in [6, 6.07) is 4.90. The van der Waals surface area contributed by atoms with E-state index in [1.165, 1.54) is 6.07 Å². The quantitative estimate of drug-likeness (QED) is 0.840. The Kier molecular flexibility index (Phi) is 3.07. The second-order valence-electron chi connectivity index (χ2n) is 3.95. The summed E-state index contributed by atoms with van der Waals surface area (Å²) < 4.78 is 18.7. The summed E-state index contributed by atoms with van der Waals surface area (Å²) in [5.41, 5.74) is 1.55. The molecule has 0 radical (unpaired) electrons. The zero-order chi connectivity index (χ0) is 11.5. The van der Waals surface area contributed by atoms with Gasteiger partial charge in [-0.1, -0.05) is 0 Å². The van der Waals surface area contributed by atoms with Gasteiger partial charge in [0.25, 0.3) is 0 Å². The van der Waals surface area contributed by atoms with Gasteiger partial charge in [0, 0.05) is 12.7 Å². The first-order valence-electron chi connectivity index (χ1n) is 5.16. The van der Waals surface area contributed by atoms with Crippen molar-refractivity contribution in [2.24, 2.45) is 5.92 Å². The highest BCUT2D eigenvalue weighted by Crippen LogP contribution is 2.32. The lowest BCUT2D eigenvalue weighted by atomic mass is 10.1. The second-order valence-corrected chi connectivity index (χ2v) is 3.95. The minimum atomic E-state index is -0.304. The molecule has 0 bridgehead atoms. The molecule has 1 atom stereocenters. The summed E-state index contributed by atoms with van der Waals surface area (Å²) in [6.07, 6.45) is 1.25. The number of nitrogens with zero attached hydrogens (tertiary/aromatic N) is 1. The third-order valence-corrected chi connectivity index (χ3v) is 2.82. The number of nitriles is 1. The summed E-state index contributed by atoms with van der Waals surface area (Å²) in [4.78, 5) is 0. The van der Waals surface area contributed by atoms with Crippen LogP contribution in [0.2, 0.25) is 0 Å². The molecule has 84 valence electrons. The molecule has 1 N–H and O–H groups in total. The van der Waals surface area contributed by atoms with Crippen LogP contribution in [0.25, 0.3) is 0 Å². The van der Waals surface area contributed by atoms with Gasteiger partial charge in [-0.2, -0.15) is 5.26 Å². The number of fused-ring (bicyclic) bond motifs is 1. The van der Waals surface area contributed by atoms with E-state index in [9.17, 15) is 4.39 Å².